The summed E-state index contributed by atoms with van der Waals surface area (Å²) in [6.45, 7) is 4.17. The summed E-state index contributed by atoms with van der Waals surface area (Å²) in [7, 11) is 0. The summed E-state index contributed by atoms with van der Waals surface area (Å²) in [5.74, 6) is 1.23. The van der Waals surface area contributed by atoms with Crippen molar-refractivity contribution in [1.82, 2.24) is 14.8 Å². The van der Waals surface area contributed by atoms with Gasteiger partial charge in [-0.15, -0.1) is 0 Å². The van der Waals surface area contributed by atoms with Crippen molar-refractivity contribution in [3.63, 3.8) is 0 Å². The van der Waals surface area contributed by atoms with Crippen LogP contribution in [0.4, 0.5) is 4.39 Å². The van der Waals surface area contributed by atoms with E-state index in [1.165, 1.54) is 12.1 Å². The average molecular weight is 234 g/mol. The molecule has 90 valence electrons. The molecule has 0 aliphatic rings. The van der Waals surface area contributed by atoms with Crippen molar-refractivity contribution >= 4 is 0 Å². The number of hydrogen-bond acceptors (Lipinski definition) is 3. The number of halogens is 1. The van der Waals surface area contributed by atoms with Crippen molar-refractivity contribution in [2.45, 2.75) is 20.3 Å². The zero-order valence-corrected chi connectivity index (χ0v) is 9.94. The summed E-state index contributed by atoms with van der Waals surface area (Å²) in [4.78, 5) is 4.24. The van der Waals surface area contributed by atoms with E-state index in [9.17, 15) is 4.39 Å². The molecule has 1 aromatic heterocycles. The first-order valence-electron chi connectivity index (χ1n) is 5.51. The van der Waals surface area contributed by atoms with Gasteiger partial charge >= 0.3 is 0 Å². The maximum atomic E-state index is 13.2. The Hall–Kier alpha value is -1.75. The SMILES string of the molecule is Cc1nc(C)n(-c2ccc(F)cc2CCN)n1. The standard InChI is InChI=1S/C12H15FN4/c1-8-15-9(2)17(16-8)12-4-3-11(13)7-10(12)5-6-14/h3-4,7H,5-6,14H2,1-2H3. The fourth-order valence-corrected chi connectivity index (χ4v) is 1.87. The zero-order valence-electron chi connectivity index (χ0n) is 9.94. The third-order valence-corrected chi connectivity index (χ3v) is 2.56. The maximum Gasteiger partial charge on any atom is 0.148 e. The first-order chi connectivity index (χ1) is 8.11. The Morgan fingerprint density at radius 2 is 2.12 bits per heavy atom. The molecule has 1 aromatic carbocycles. The Kier molecular flexibility index (Phi) is 3.19. The third kappa shape index (κ3) is 2.34. The van der Waals surface area contributed by atoms with Crippen molar-refractivity contribution in [2.75, 3.05) is 6.54 Å². The molecule has 0 aliphatic heterocycles. The molecule has 0 fully saturated rings. The molecule has 1 heterocycles. The second-order valence-corrected chi connectivity index (χ2v) is 3.93. The first-order valence-corrected chi connectivity index (χ1v) is 5.51. The Labute approximate surface area is 99.3 Å². The van der Waals surface area contributed by atoms with Gasteiger partial charge in [-0.25, -0.2) is 14.1 Å². The van der Waals surface area contributed by atoms with Gasteiger partial charge in [0.25, 0.3) is 0 Å². The van der Waals surface area contributed by atoms with Crippen molar-refractivity contribution in [1.29, 1.82) is 0 Å². The van der Waals surface area contributed by atoms with E-state index in [2.05, 4.69) is 10.1 Å². The monoisotopic (exact) mass is 234 g/mol. The molecule has 0 bridgehead atoms. The molecule has 17 heavy (non-hydrogen) atoms. The third-order valence-electron chi connectivity index (χ3n) is 2.56. The van der Waals surface area contributed by atoms with Crippen LogP contribution in [0.15, 0.2) is 18.2 Å². The maximum absolute atomic E-state index is 13.2. The zero-order chi connectivity index (χ0) is 12.4. The van der Waals surface area contributed by atoms with Gasteiger partial charge in [-0.1, -0.05) is 0 Å². The summed E-state index contributed by atoms with van der Waals surface area (Å²) >= 11 is 0. The molecule has 0 aliphatic carbocycles. The van der Waals surface area contributed by atoms with Gasteiger partial charge in [-0.3, -0.25) is 0 Å². The van der Waals surface area contributed by atoms with Crippen LogP contribution in [0.2, 0.25) is 0 Å². The normalized spacial score (nSPS) is 10.8. The molecule has 0 spiro atoms. The molecule has 2 rings (SSSR count). The number of aryl methyl sites for hydroxylation is 2. The molecular weight excluding hydrogens is 219 g/mol. The summed E-state index contributed by atoms with van der Waals surface area (Å²) in [5.41, 5.74) is 7.22. The summed E-state index contributed by atoms with van der Waals surface area (Å²) < 4.78 is 14.9. The Morgan fingerprint density at radius 1 is 1.35 bits per heavy atom. The molecule has 2 aromatic rings. The molecular formula is C12H15FN4. The fourth-order valence-electron chi connectivity index (χ4n) is 1.87. The lowest BCUT2D eigenvalue weighted by molar-refractivity contribution is 0.623. The lowest BCUT2D eigenvalue weighted by Crippen LogP contribution is -2.09. The molecule has 0 saturated carbocycles. The van der Waals surface area contributed by atoms with Crippen LogP contribution in [0, 0.1) is 19.7 Å². The molecule has 5 heteroatoms. The predicted octanol–water partition coefficient (Wildman–Crippen LogP) is 1.52. The Bertz CT molecular complexity index is 533. The molecule has 0 atom stereocenters. The summed E-state index contributed by atoms with van der Waals surface area (Å²) in [6.07, 6.45) is 0.617. The quantitative estimate of drug-likeness (QED) is 0.876. The van der Waals surface area contributed by atoms with Gasteiger partial charge in [0.15, 0.2) is 0 Å². The van der Waals surface area contributed by atoms with E-state index in [0.29, 0.717) is 18.8 Å². The van der Waals surface area contributed by atoms with Crippen LogP contribution < -0.4 is 5.73 Å². The number of nitrogens with two attached hydrogens (primary N) is 1. The van der Waals surface area contributed by atoms with E-state index in [1.54, 1.807) is 10.7 Å². The second-order valence-electron chi connectivity index (χ2n) is 3.93. The first kappa shape index (κ1) is 11.7. The van der Waals surface area contributed by atoms with Gasteiger partial charge < -0.3 is 5.73 Å². The van der Waals surface area contributed by atoms with Gasteiger partial charge in [0.05, 0.1) is 5.69 Å². The van der Waals surface area contributed by atoms with E-state index < -0.39 is 0 Å². The van der Waals surface area contributed by atoms with Crippen molar-refractivity contribution < 1.29 is 4.39 Å². The number of aromatic nitrogens is 3. The summed E-state index contributed by atoms with van der Waals surface area (Å²) in [6, 6.07) is 4.63. The van der Waals surface area contributed by atoms with E-state index >= 15 is 0 Å². The van der Waals surface area contributed by atoms with Gasteiger partial charge in [0.2, 0.25) is 0 Å². The van der Waals surface area contributed by atoms with Crippen LogP contribution in [0.1, 0.15) is 17.2 Å². The molecule has 2 N–H and O–H groups in total. The lowest BCUT2D eigenvalue weighted by Gasteiger charge is -2.09. The van der Waals surface area contributed by atoms with Crippen molar-refractivity contribution in [3.05, 3.63) is 41.2 Å². The van der Waals surface area contributed by atoms with E-state index in [-0.39, 0.29) is 5.82 Å². The minimum absolute atomic E-state index is 0.258. The number of nitrogens with zero attached hydrogens (tertiary/aromatic N) is 3. The number of rotatable bonds is 3. The fraction of sp³-hybridized carbons (Fsp3) is 0.333. The highest BCUT2D eigenvalue weighted by Gasteiger charge is 2.10. The van der Waals surface area contributed by atoms with Gasteiger partial charge in [0.1, 0.15) is 17.5 Å². The molecule has 0 unspecified atom stereocenters. The van der Waals surface area contributed by atoms with Gasteiger partial charge in [-0.2, -0.15) is 5.10 Å². The van der Waals surface area contributed by atoms with Crippen LogP contribution in [0.5, 0.6) is 0 Å². The largest absolute Gasteiger partial charge is 0.330 e. The van der Waals surface area contributed by atoms with Crippen LogP contribution in [-0.2, 0) is 6.42 Å². The van der Waals surface area contributed by atoms with Gasteiger partial charge in [-0.05, 0) is 50.6 Å². The molecule has 0 amide bonds. The predicted molar refractivity (Wildman–Crippen MR) is 63.5 cm³/mol. The van der Waals surface area contributed by atoms with Crippen LogP contribution in [0.25, 0.3) is 5.69 Å². The highest BCUT2D eigenvalue weighted by atomic mass is 19.1. The molecule has 4 nitrogen and oxygen atoms in total. The topological polar surface area (TPSA) is 56.7 Å². The van der Waals surface area contributed by atoms with Crippen LogP contribution in [0.3, 0.4) is 0 Å². The van der Waals surface area contributed by atoms with Crippen molar-refractivity contribution in [2.24, 2.45) is 5.73 Å². The highest BCUT2D eigenvalue weighted by Crippen LogP contribution is 2.17. The average Bonchev–Trinajstić information content (AvgIpc) is 2.59. The Balaban J connectivity index is 2.54. The van der Waals surface area contributed by atoms with E-state index in [4.69, 9.17) is 5.73 Å². The number of benzene rings is 1. The van der Waals surface area contributed by atoms with E-state index in [0.717, 1.165) is 17.1 Å². The Morgan fingerprint density at radius 3 is 2.71 bits per heavy atom. The number of hydrogen-bond donors (Lipinski definition) is 1. The molecule has 0 radical (unpaired) electrons. The van der Waals surface area contributed by atoms with Crippen LogP contribution in [-0.4, -0.2) is 21.3 Å². The smallest absolute Gasteiger partial charge is 0.148 e. The molecule has 0 saturated heterocycles. The minimum atomic E-state index is -0.258. The minimum Gasteiger partial charge on any atom is -0.330 e. The second kappa shape index (κ2) is 4.63. The summed E-state index contributed by atoms with van der Waals surface area (Å²) in [5, 5.41) is 4.30. The van der Waals surface area contributed by atoms with Crippen LogP contribution >= 0.6 is 0 Å². The highest BCUT2D eigenvalue weighted by molar-refractivity contribution is 5.41. The van der Waals surface area contributed by atoms with E-state index in [1.807, 2.05) is 13.8 Å². The van der Waals surface area contributed by atoms with Gasteiger partial charge in [0, 0.05) is 0 Å². The van der Waals surface area contributed by atoms with Crippen molar-refractivity contribution in [3.8, 4) is 5.69 Å². The lowest BCUT2D eigenvalue weighted by atomic mass is 10.1.